The van der Waals surface area contributed by atoms with E-state index in [1.165, 1.54) is 128 Å². The number of amidine groups is 1. The Morgan fingerprint density at radius 3 is 1.30 bits per heavy atom. The van der Waals surface area contributed by atoms with Gasteiger partial charge in [-0.1, -0.05) is 117 Å². The van der Waals surface area contributed by atoms with E-state index in [2.05, 4.69) is 23.3 Å². The quantitative estimate of drug-likeness (QED) is 0.0402. The van der Waals surface area contributed by atoms with Gasteiger partial charge in [0.25, 0.3) is 0 Å². The molecule has 226 valence electrons. The van der Waals surface area contributed by atoms with Crippen LogP contribution in [0.2, 0.25) is 0 Å². The Morgan fingerprint density at radius 1 is 0.595 bits per heavy atom. The number of hydrogen-bond donors (Lipinski definition) is 0. The molecule has 0 aliphatic carbocycles. The zero-order valence-electron chi connectivity index (χ0n) is 23.5. The van der Waals surface area contributed by atoms with Crippen molar-refractivity contribution in [3.05, 3.63) is 0 Å². The fourth-order valence-corrected chi connectivity index (χ4v) is 4.95. The molecule has 0 fully saturated rings. The summed E-state index contributed by atoms with van der Waals surface area (Å²) < 4.78 is 61.6. The van der Waals surface area contributed by atoms with Gasteiger partial charge in [0.05, 0.1) is 13.1 Å². The van der Waals surface area contributed by atoms with Crippen LogP contribution in [0.3, 0.4) is 0 Å². The van der Waals surface area contributed by atoms with Crippen LogP contribution in [0, 0.1) is 0 Å². The van der Waals surface area contributed by atoms with Crippen LogP contribution in [0.5, 0.6) is 0 Å². The number of unbranched alkanes of at least 4 members (excludes halogenated alkanes) is 18. The summed E-state index contributed by atoms with van der Waals surface area (Å²) in [4.78, 5) is 2.42. The molecule has 1 aliphatic rings. The molecule has 0 radical (unpaired) electrons. The first kappa shape index (κ1) is 36.8. The molecule has 0 aromatic rings. The predicted molar refractivity (Wildman–Crippen MR) is 150 cm³/mol. The molecule has 0 aromatic carbocycles. The van der Waals surface area contributed by atoms with Gasteiger partial charge in [-0.05, 0) is 25.7 Å². The average Bonchev–Trinajstić information content (AvgIpc) is 3.13. The van der Waals surface area contributed by atoms with Crippen LogP contribution >= 0.6 is 19.4 Å². The monoisotopic (exact) mass is 586 g/mol. The Balaban J connectivity index is 0.00000161. The maximum atomic E-state index is 9.87. The van der Waals surface area contributed by atoms with E-state index in [0.29, 0.717) is 0 Å². The fourth-order valence-electron chi connectivity index (χ4n) is 4.61. The molecule has 1 aliphatic heterocycles. The number of halogens is 7. The zero-order valence-corrected chi connectivity index (χ0v) is 25.1. The van der Waals surface area contributed by atoms with Crippen LogP contribution in [-0.4, -0.2) is 40.9 Å². The molecule has 0 saturated carbocycles. The SMILES string of the molecule is CCCCCCCCCCCCN1CC[N+](CCCCCCCCCCCC)=C1Cl.F[P-](F)(F)(F)(F)F. The van der Waals surface area contributed by atoms with Crippen molar-refractivity contribution >= 4 is 24.7 Å². The normalized spacial score (nSPS) is 16.0. The van der Waals surface area contributed by atoms with Gasteiger partial charge in [-0.25, -0.2) is 9.48 Å². The van der Waals surface area contributed by atoms with Gasteiger partial charge in [-0.15, -0.1) is 0 Å². The van der Waals surface area contributed by atoms with Gasteiger partial charge in [-0.3, -0.25) is 0 Å². The van der Waals surface area contributed by atoms with Crippen LogP contribution in [0.15, 0.2) is 0 Å². The van der Waals surface area contributed by atoms with Crippen LogP contribution < -0.4 is 0 Å². The third-order valence-corrected chi connectivity index (χ3v) is 7.20. The second kappa shape index (κ2) is 19.0. The molecule has 37 heavy (non-hydrogen) atoms. The standard InChI is InChI=1S/C27H54ClN2.F6P/c1-3-5-7-9-11-13-15-17-19-21-23-29-25-26-30(27(29)28)24-22-20-18-16-14-12-10-8-6-4-2;1-7(2,3,4,5)6/h3-26H2,1-2H3;/q+1;-1. The van der Waals surface area contributed by atoms with E-state index >= 15 is 0 Å². The second-order valence-corrected chi connectivity index (χ2v) is 12.8. The van der Waals surface area contributed by atoms with Crippen molar-refractivity contribution < 1.29 is 29.8 Å². The van der Waals surface area contributed by atoms with Crippen molar-refractivity contribution in [2.45, 2.75) is 142 Å². The van der Waals surface area contributed by atoms with Gasteiger partial charge in [0.2, 0.25) is 0 Å². The summed E-state index contributed by atoms with van der Waals surface area (Å²) in [6.07, 6.45) is 28.1. The molecule has 0 unspecified atom stereocenters. The first-order chi connectivity index (χ1) is 17.2. The number of nitrogens with zero attached hydrogens (tertiary/aromatic N) is 2. The third-order valence-electron chi connectivity index (χ3n) is 6.72. The van der Waals surface area contributed by atoms with Crippen molar-refractivity contribution in [1.82, 2.24) is 4.90 Å². The zero-order chi connectivity index (χ0) is 28.1. The molecule has 2 nitrogen and oxygen atoms in total. The van der Waals surface area contributed by atoms with Crippen LogP contribution in [0.25, 0.3) is 0 Å². The third kappa shape index (κ3) is 30.2. The van der Waals surface area contributed by atoms with Gasteiger partial charge in [0.1, 0.15) is 13.1 Å². The predicted octanol–water partition coefficient (Wildman–Crippen LogP) is 12.1. The minimum atomic E-state index is -10.7. The topological polar surface area (TPSA) is 6.25 Å². The van der Waals surface area contributed by atoms with E-state index in [0.717, 1.165) is 31.5 Å². The summed E-state index contributed by atoms with van der Waals surface area (Å²) in [5.41, 5.74) is 0. The van der Waals surface area contributed by atoms with Crippen molar-refractivity contribution in [2.24, 2.45) is 0 Å². The van der Waals surface area contributed by atoms with E-state index in [1.807, 2.05) is 0 Å². The van der Waals surface area contributed by atoms with Gasteiger partial charge in [0, 0.05) is 11.6 Å². The Kier molecular flexibility index (Phi) is 18.8. The second-order valence-electron chi connectivity index (χ2n) is 10.6. The summed E-state index contributed by atoms with van der Waals surface area (Å²) in [6.45, 7) is 9.17. The van der Waals surface area contributed by atoms with E-state index < -0.39 is 7.81 Å². The van der Waals surface area contributed by atoms with E-state index in [1.54, 1.807) is 0 Å². The van der Waals surface area contributed by atoms with Gasteiger partial charge in [0.15, 0.2) is 0 Å². The van der Waals surface area contributed by atoms with E-state index in [9.17, 15) is 25.2 Å². The molecule has 0 saturated heterocycles. The summed E-state index contributed by atoms with van der Waals surface area (Å²) in [7, 11) is -10.7. The van der Waals surface area contributed by atoms with Crippen molar-refractivity contribution in [3.8, 4) is 0 Å². The molecule has 1 rings (SSSR count). The maximum absolute atomic E-state index is 10.7. The van der Waals surface area contributed by atoms with E-state index in [4.69, 9.17) is 11.6 Å². The number of hydrogen-bond acceptors (Lipinski definition) is 1. The fraction of sp³-hybridized carbons (Fsp3) is 0.963. The Hall–Kier alpha value is -0.230. The molecule has 0 atom stereocenters. The van der Waals surface area contributed by atoms with Gasteiger partial charge >= 0.3 is 38.3 Å². The van der Waals surface area contributed by atoms with Crippen molar-refractivity contribution in [1.29, 1.82) is 0 Å². The first-order valence-electron chi connectivity index (χ1n) is 14.8. The average molecular weight is 587 g/mol. The molecule has 0 N–H and O–H groups in total. The van der Waals surface area contributed by atoms with Gasteiger partial charge < -0.3 is 0 Å². The molecular weight excluding hydrogens is 533 g/mol. The molecule has 0 spiro atoms. The summed E-state index contributed by atoms with van der Waals surface area (Å²) in [5, 5.41) is 1.03. The Labute approximate surface area is 227 Å². The molecule has 10 heteroatoms. The first-order valence-corrected chi connectivity index (χ1v) is 17.2. The summed E-state index contributed by atoms with van der Waals surface area (Å²) in [6, 6.07) is 0. The van der Waals surface area contributed by atoms with Crippen LogP contribution in [0.4, 0.5) is 25.2 Å². The molecule has 0 aromatic heterocycles. The summed E-state index contributed by atoms with van der Waals surface area (Å²) in [5.74, 6) is 0. The summed E-state index contributed by atoms with van der Waals surface area (Å²) >= 11 is 6.66. The molecular formula is C27H54ClF6N2P. The van der Waals surface area contributed by atoms with Crippen molar-refractivity contribution in [2.75, 3.05) is 26.2 Å². The van der Waals surface area contributed by atoms with Gasteiger partial charge in [-0.2, -0.15) is 0 Å². The molecule has 0 amide bonds. The Morgan fingerprint density at radius 2 is 0.919 bits per heavy atom. The molecule has 1 heterocycles. The Bertz CT molecular complexity index is 587. The van der Waals surface area contributed by atoms with Crippen LogP contribution in [-0.2, 0) is 0 Å². The minimum absolute atomic E-state index is 1.03. The molecule has 0 bridgehead atoms. The van der Waals surface area contributed by atoms with Crippen LogP contribution in [0.1, 0.15) is 142 Å². The van der Waals surface area contributed by atoms with Crippen molar-refractivity contribution in [3.63, 3.8) is 0 Å². The number of rotatable bonds is 22. The van der Waals surface area contributed by atoms with E-state index in [-0.39, 0.29) is 0 Å².